The molecule has 0 N–H and O–H groups in total. The van der Waals surface area contributed by atoms with E-state index in [1.54, 1.807) is 47.6 Å². The first-order valence-electron chi connectivity index (χ1n) is 8.02. The number of benzene rings is 1. The zero-order chi connectivity index (χ0) is 18.7. The summed E-state index contributed by atoms with van der Waals surface area (Å²) in [6, 6.07) is 10.5. The molecule has 4 amide bonds. The minimum atomic E-state index is -0.450. The van der Waals surface area contributed by atoms with Crippen molar-refractivity contribution in [2.24, 2.45) is 0 Å². The van der Waals surface area contributed by atoms with Gasteiger partial charge in [0.05, 0.1) is 13.7 Å². The molecule has 7 nitrogen and oxygen atoms in total. The summed E-state index contributed by atoms with van der Waals surface area (Å²) in [5, 5.41) is 1.94. The Morgan fingerprint density at radius 3 is 2.50 bits per heavy atom. The number of carbonyl (C=O) groups is 3. The van der Waals surface area contributed by atoms with E-state index in [0.717, 1.165) is 9.78 Å². The van der Waals surface area contributed by atoms with Crippen LogP contribution in [-0.2, 0) is 16.1 Å². The third kappa shape index (κ3) is 3.70. The molecule has 0 saturated carbocycles. The molecule has 1 fully saturated rings. The van der Waals surface area contributed by atoms with Crippen LogP contribution in [0.3, 0.4) is 0 Å². The van der Waals surface area contributed by atoms with Crippen molar-refractivity contribution in [3.63, 3.8) is 0 Å². The number of imide groups is 1. The minimum Gasteiger partial charge on any atom is -0.497 e. The van der Waals surface area contributed by atoms with E-state index < -0.39 is 6.03 Å². The number of carbonyl (C=O) groups excluding carboxylic acids is 3. The first-order valence-corrected chi connectivity index (χ1v) is 8.90. The van der Waals surface area contributed by atoms with Crippen molar-refractivity contribution in [2.75, 3.05) is 32.1 Å². The van der Waals surface area contributed by atoms with E-state index in [4.69, 9.17) is 4.74 Å². The lowest BCUT2D eigenvalue weighted by Crippen LogP contribution is -2.43. The minimum absolute atomic E-state index is 0.000423. The number of amides is 4. The van der Waals surface area contributed by atoms with Crippen LogP contribution in [0.4, 0.5) is 10.5 Å². The Morgan fingerprint density at radius 1 is 1.23 bits per heavy atom. The van der Waals surface area contributed by atoms with Gasteiger partial charge in [0.1, 0.15) is 18.8 Å². The SMILES string of the molecule is COc1ccc(N(Cc2cccs2)C(=O)CN2C(=O)CN(C)C2=O)cc1. The first-order chi connectivity index (χ1) is 12.5. The highest BCUT2D eigenvalue weighted by Crippen LogP contribution is 2.23. The summed E-state index contributed by atoms with van der Waals surface area (Å²) in [7, 11) is 3.11. The van der Waals surface area contributed by atoms with Crippen molar-refractivity contribution in [3.8, 4) is 5.75 Å². The van der Waals surface area contributed by atoms with Crippen LogP contribution in [0.5, 0.6) is 5.75 Å². The van der Waals surface area contributed by atoms with Gasteiger partial charge >= 0.3 is 6.03 Å². The number of urea groups is 1. The number of hydrogen-bond donors (Lipinski definition) is 0. The number of ether oxygens (including phenoxy) is 1. The van der Waals surface area contributed by atoms with Crippen molar-refractivity contribution in [1.82, 2.24) is 9.80 Å². The average molecular weight is 373 g/mol. The van der Waals surface area contributed by atoms with Crippen molar-refractivity contribution in [2.45, 2.75) is 6.54 Å². The van der Waals surface area contributed by atoms with E-state index in [1.165, 1.54) is 11.9 Å². The van der Waals surface area contributed by atoms with Crippen LogP contribution in [-0.4, -0.2) is 54.9 Å². The van der Waals surface area contributed by atoms with E-state index in [2.05, 4.69) is 0 Å². The zero-order valence-corrected chi connectivity index (χ0v) is 15.4. The molecule has 0 radical (unpaired) electrons. The van der Waals surface area contributed by atoms with Crippen LogP contribution in [0, 0.1) is 0 Å². The lowest BCUT2D eigenvalue weighted by molar-refractivity contribution is -0.129. The molecule has 0 aliphatic carbocycles. The fourth-order valence-corrected chi connectivity index (χ4v) is 3.38. The number of methoxy groups -OCH3 is 1. The van der Waals surface area contributed by atoms with Gasteiger partial charge in [-0.2, -0.15) is 0 Å². The Bertz CT molecular complexity index is 804. The molecular weight excluding hydrogens is 354 g/mol. The van der Waals surface area contributed by atoms with Crippen LogP contribution >= 0.6 is 11.3 Å². The Labute approximate surface area is 155 Å². The molecule has 26 heavy (non-hydrogen) atoms. The van der Waals surface area contributed by atoms with Gasteiger partial charge in [-0.25, -0.2) is 4.79 Å². The van der Waals surface area contributed by atoms with Gasteiger partial charge in [0.2, 0.25) is 5.91 Å². The fraction of sp³-hybridized carbons (Fsp3) is 0.278. The molecular formula is C18H19N3O4S. The highest BCUT2D eigenvalue weighted by Gasteiger charge is 2.36. The Kier molecular flexibility index (Phi) is 5.22. The van der Waals surface area contributed by atoms with Gasteiger partial charge in [-0.1, -0.05) is 6.07 Å². The molecule has 8 heteroatoms. The maximum Gasteiger partial charge on any atom is 0.327 e. The summed E-state index contributed by atoms with van der Waals surface area (Å²) in [5.74, 6) is 0.000942. The normalized spacial score (nSPS) is 14.1. The van der Waals surface area contributed by atoms with Crippen molar-refractivity contribution in [3.05, 3.63) is 46.7 Å². The first kappa shape index (κ1) is 17.9. The molecule has 136 valence electrons. The average Bonchev–Trinajstić information content (AvgIpc) is 3.24. The smallest absolute Gasteiger partial charge is 0.327 e. The van der Waals surface area contributed by atoms with E-state index in [9.17, 15) is 14.4 Å². The third-order valence-corrected chi connectivity index (χ3v) is 4.96. The number of likely N-dealkylation sites (N-methyl/N-ethyl adjacent to an activating group) is 1. The van der Waals surface area contributed by atoms with Crippen molar-refractivity contribution >= 4 is 34.9 Å². The maximum atomic E-state index is 12.9. The summed E-state index contributed by atoms with van der Waals surface area (Å²) in [6.45, 7) is 0.0911. The number of hydrogen-bond acceptors (Lipinski definition) is 5. The van der Waals surface area contributed by atoms with Crippen LogP contribution in [0.15, 0.2) is 41.8 Å². The molecule has 2 heterocycles. The second-order valence-electron chi connectivity index (χ2n) is 5.88. The van der Waals surface area contributed by atoms with Gasteiger partial charge in [-0.3, -0.25) is 14.5 Å². The molecule has 1 aliphatic rings. The van der Waals surface area contributed by atoms with Gasteiger partial charge in [0.15, 0.2) is 0 Å². The fourth-order valence-electron chi connectivity index (χ4n) is 2.69. The van der Waals surface area contributed by atoms with Gasteiger partial charge in [-0.05, 0) is 35.7 Å². The van der Waals surface area contributed by atoms with E-state index >= 15 is 0 Å². The summed E-state index contributed by atoms with van der Waals surface area (Å²) < 4.78 is 5.16. The Morgan fingerprint density at radius 2 is 1.96 bits per heavy atom. The molecule has 2 aromatic rings. The largest absolute Gasteiger partial charge is 0.497 e. The van der Waals surface area contributed by atoms with Crippen molar-refractivity contribution in [1.29, 1.82) is 0 Å². The molecule has 0 spiro atoms. The second-order valence-corrected chi connectivity index (χ2v) is 6.91. The standard InChI is InChI=1S/C18H19N3O4S/c1-19-11-16(22)21(18(19)24)12-17(23)20(10-15-4-3-9-26-15)13-5-7-14(25-2)8-6-13/h3-9H,10-12H2,1-2H3. The number of nitrogens with zero attached hydrogens (tertiary/aromatic N) is 3. The predicted octanol–water partition coefficient (Wildman–Crippen LogP) is 2.18. The van der Waals surface area contributed by atoms with Crippen molar-refractivity contribution < 1.29 is 19.1 Å². The molecule has 1 aliphatic heterocycles. The summed E-state index contributed by atoms with van der Waals surface area (Å²) in [4.78, 5) is 41.8. The monoisotopic (exact) mass is 373 g/mol. The predicted molar refractivity (Wildman–Crippen MR) is 98.2 cm³/mol. The molecule has 0 unspecified atom stereocenters. The molecule has 3 rings (SSSR count). The molecule has 0 atom stereocenters. The van der Waals surface area contributed by atoms with E-state index in [0.29, 0.717) is 18.0 Å². The van der Waals surface area contributed by atoms with Gasteiger partial charge in [0, 0.05) is 17.6 Å². The highest BCUT2D eigenvalue weighted by molar-refractivity contribution is 7.09. The summed E-state index contributed by atoms with van der Waals surface area (Å²) in [5.41, 5.74) is 0.677. The quantitative estimate of drug-likeness (QED) is 0.728. The molecule has 0 bridgehead atoms. The van der Waals surface area contributed by atoms with Gasteiger partial charge in [-0.15, -0.1) is 11.3 Å². The Hall–Kier alpha value is -2.87. The van der Waals surface area contributed by atoms with E-state index in [-0.39, 0.29) is 24.9 Å². The van der Waals surface area contributed by atoms with Crippen LogP contribution < -0.4 is 9.64 Å². The third-order valence-electron chi connectivity index (χ3n) is 4.10. The summed E-state index contributed by atoms with van der Waals surface area (Å²) in [6.07, 6.45) is 0. The Balaban J connectivity index is 1.83. The lowest BCUT2D eigenvalue weighted by atomic mass is 10.2. The number of thiophene rings is 1. The van der Waals surface area contributed by atoms with Crippen LogP contribution in [0.1, 0.15) is 4.88 Å². The van der Waals surface area contributed by atoms with Crippen LogP contribution in [0.25, 0.3) is 0 Å². The highest BCUT2D eigenvalue weighted by atomic mass is 32.1. The van der Waals surface area contributed by atoms with Crippen LogP contribution in [0.2, 0.25) is 0 Å². The van der Waals surface area contributed by atoms with Gasteiger partial charge in [0.25, 0.3) is 5.91 Å². The second kappa shape index (κ2) is 7.57. The zero-order valence-electron chi connectivity index (χ0n) is 14.5. The topological polar surface area (TPSA) is 70.2 Å². The van der Waals surface area contributed by atoms with E-state index in [1.807, 2.05) is 17.5 Å². The number of anilines is 1. The molecule has 1 saturated heterocycles. The lowest BCUT2D eigenvalue weighted by Gasteiger charge is -2.24. The van der Waals surface area contributed by atoms with Gasteiger partial charge < -0.3 is 14.5 Å². The molecule has 1 aromatic carbocycles. The summed E-state index contributed by atoms with van der Waals surface area (Å²) >= 11 is 1.54. The maximum absolute atomic E-state index is 12.9. The molecule has 1 aromatic heterocycles. The number of rotatable bonds is 6.